The molecular weight excluding hydrogens is 118 g/mol. The summed E-state index contributed by atoms with van der Waals surface area (Å²) in [5.41, 5.74) is 0. The number of hydrogen-bond donors (Lipinski definition) is 0. The average molecular weight is 122 g/mol. The molecular formula is C2H4NO3S-. The van der Waals surface area contributed by atoms with E-state index < -0.39 is 11.3 Å². The molecule has 5 heteroatoms. The maximum absolute atomic E-state index is 9.62. The van der Waals surface area contributed by atoms with Crippen LogP contribution in [-0.2, 0) is 16.1 Å². The molecule has 0 bridgehead atoms. The molecule has 0 fully saturated rings. The van der Waals surface area contributed by atoms with E-state index in [0.29, 0.717) is 4.31 Å². The van der Waals surface area contributed by atoms with Crippen molar-refractivity contribution < 1.29 is 13.6 Å². The largest absolute Gasteiger partial charge is 0.755 e. The van der Waals surface area contributed by atoms with Crippen LogP contribution in [0, 0.1) is 0 Å². The minimum absolute atomic E-state index is 0.211. The van der Waals surface area contributed by atoms with Crippen LogP contribution in [0.4, 0.5) is 0 Å². The third kappa shape index (κ3) is 2.30. The normalized spacial score (nSPS) is 12.9. The van der Waals surface area contributed by atoms with Gasteiger partial charge in [0.15, 0.2) is 0 Å². The molecule has 0 rings (SSSR count). The summed E-state index contributed by atoms with van der Waals surface area (Å²) in [5.74, 6) is 0. The highest BCUT2D eigenvalue weighted by Crippen LogP contribution is 1.75. The Bertz CT molecular complexity index is 92.9. The van der Waals surface area contributed by atoms with Crippen molar-refractivity contribution in [1.82, 2.24) is 4.31 Å². The molecule has 1 atom stereocenters. The smallest absolute Gasteiger partial charge is 0.220 e. The molecule has 42 valence electrons. The summed E-state index contributed by atoms with van der Waals surface area (Å²) in [5, 5.41) is 0. The molecule has 0 aliphatic heterocycles. The molecule has 0 spiro atoms. The number of carbonyl (C=O) groups is 1. The highest BCUT2D eigenvalue weighted by molar-refractivity contribution is 7.77. The van der Waals surface area contributed by atoms with Crippen LogP contribution in [0.25, 0.3) is 0 Å². The first kappa shape index (κ1) is 6.58. The summed E-state index contributed by atoms with van der Waals surface area (Å²) in [4.78, 5) is 9.48. The van der Waals surface area contributed by atoms with E-state index in [1.165, 1.54) is 0 Å². The van der Waals surface area contributed by atoms with Gasteiger partial charge in [-0.05, 0) is 0 Å². The van der Waals surface area contributed by atoms with E-state index in [-0.39, 0.29) is 6.41 Å². The number of rotatable bonds is 2. The van der Waals surface area contributed by atoms with Crippen LogP contribution >= 0.6 is 0 Å². The standard InChI is InChI=1S/C2H5NO3S/c1-3(2-4)7(5)6/h2H,1H3,(H,5,6)/p-1. The Morgan fingerprint density at radius 2 is 2.29 bits per heavy atom. The fourth-order valence-electron chi connectivity index (χ4n) is 0.0351. The van der Waals surface area contributed by atoms with E-state index in [4.69, 9.17) is 0 Å². The van der Waals surface area contributed by atoms with Crippen LogP contribution in [0.3, 0.4) is 0 Å². The predicted octanol–water partition coefficient (Wildman–Crippen LogP) is -1.13. The minimum atomic E-state index is -2.40. The highest BCUT2D eigenvalue weighted by atomic mass is 32.2. The van der Waals surface area contributed by atoms with Crippen molar-refractivity contribution >= 4 is 17.7 Å². The third-order valence-electron chi connectivity index (χ3n) is 0.384. The highest BCUT2D eigenvalue weighted by Gasteiger charge is 1.85. The molecule has 0 aromatic heterocycles. The van der Waals surface area contributed by atoms with Crippen LogP contribution in [0.5, 0.6) is 0 Å². The first-order valence-electron chi connectivity index (χ1n) is 1.46. The minimum Gasteiger partial charge on any atom is -0.755 e. The van der Waals surface area contributed by atoms with Gasteiger partial charge in [-0.3, -0.25) is 13.3 Å². The molecule has 0 aromatic rings. The lowest BCUT2D eigenvalue weighted by Crippen LogP contribution is -2.17. The van der Waals surface area contributed by atoms with Crippen molar-refractivity contribution in [3.63, 3.8) is 0 Å². The molecule has 0 N–H and O–H groups in total. The van der Waals surface area contributed by atoms with E-state index in [0.717, 1.165) is 7.05 Å². The Morgan fingerprint density at radius 1 is 1.86 bits per heavy atom. The molecule has 7 heavy (non-hydrogen) atoms. The summed E-state index contributed by atoms with van der Waals surface area (Å²) in [6.45, 7) is 0. The van der Waals surface area contributed by atoms with Gasteiger partial charge in [0.25, 0.3) is 0 Å². The van der Waals surface area contributed by atoms with Gasteiger partial charge < -0.3 is 4.55 Å². The molecule has 0 aliphatic rings. The van der Waals surface area contributed by atoms with Gasteiger partial charge in [0.2, 0.25) is 6.41 Å². The van der Waals surface area contributed by atoms with E-state index in [2.05, 4.69) is 0 Å². The first-order valence-corrected chi connectivity index (χ1v) is 2.49. The topological polar surface area (TPSA) is 60.4 Å². The van der Waals surface area contributed by atoms with Crippen LogP contribution in [0.15, 0.2) is 0 Å². The third-order valence-corrected chi connectivity index (χ3v) is 0.940. The van der Waals surface area contributed by atoms with Gasteiger partial charge in [0, 0.05) is 18.3 Å². The van der Waals surface area contributed by atoms with Crippen molar-refractivity contribution in [2.45, 2.75) is 0 Å². The molecule has 1 amide bonds. The van der Waals surface area contributed by atoms with Gasteiger partial charge in [-0.1, -0.05) is 0 Å². The van der Waals surface area contributed by atoms with Crippen LogP contribution in [0.1, 0.15) is 0 Å². The summed E-state index contributed by atoms with van der Waals surface area (Å²) in [6, 6.07) is 0. The van der Waals surface area contributed by atoms with Crippen molar-refractivity contribution in [2.24, 2.45) is 0 Å². The van der Waals surface area contributed by atoms with Gasteiger partial charge in [-0.25, -0.2) is 0 Å². The zero-order valence-corrected chi connectivity index (χ0v) is 4.47. The average Bonchev–Trinajstić information content (AvgIpc) is 1.65. The number of hydrogen-bond acceptors (Lipinski definition) is 3. The van der Waals surface area contributed by atoms with Crippen LogP contribution in [0.2, 0.25) is 0 Å². The summed E-state index contributed by atoms with van der Waals surface area (Å²) in [7, 11) is 1.15. The summed E-state index contributed by atoms with van der Waals surface area (Å²) < 4.78 is 19.8. The van der Waals surface area contributed by atoms with Crippen LogP contribution in [-0.4, -0.2) is 26.5 Å². The lowest BCUT2D eigenvalue weighted by molar-refractivity contribution is -0.113. The Labute approximate surface area is 43.5 Å². The monoisotopic (exact) mass is 122 g/mol. The zero-order valence-electron chi connectivity index (χ0n) is 3.66. The lowest BCUT2D eigenvalue weighted by Gasteiger charge is -2.11. The van der Waals surface area contributed by atoms with Crippen molar-refractivity contribution in [2.75, 3.05) is 7.05 Å². The van der Waals surface area contributed by atoms with Crippen LogP contribution < -0.4 is 0 Å². The van der Waals surface area contributed by atoms with E-state index in [9.17, 15) is 13.6 Å². The van der Waals surface area contributed by atoms with Gasteiger partial charge in [0.1, 0.15) is 0 Å². The lowest BCUT2D eigenvalue weighted by atomic mass is 11.2. The van der Waals surface area contributed by atoms with Crippen molar-refractivity contribution in [3.8, 4) is 0 Å². The summed E-state index contributed by atoms with van der Waals surface area (Å²) >= 11 is -2.40. The number of amides is 1. The van der Waals surface area contributed by atoms with E-state index in [1.807, 2.05) is 0 Å². The van der Waals surface area contributed by atoms with Gasteiger partial charge in [0.05, 0.1) is 0 Å². The van der Waals surface area contributed by atoms with Gasteiger partial charge >= 0.3 is 0 Å². The Balaban J connectivity index is 3.55. The summed E-state index contributed by atoms with van der Waals surface area (Å²) in [6.07, 6.45) is 0.211. The van der Waals surface area contributed by atoms with Gasteiger partial charge in [-0.2, -0.15) is 0 Å². The molecule has 1 unspecified atom stereocenters. The maximum Gasteiger partial charge on any atom is 0.220 e. The maximum atomic E-state index is 9.62. The fraction of sp³-hybridized carbons (Fsp3) is 0.500. The molecule has 0 saturated carbocycles. The molecule has 0 radical (unpaired) electrons. The second-order valence-electron chi connectivity index (χ2n) is 0.869. The molecule has 0 aliphatic carbocycles. The molecule has 4 nitrogen and oxygen atoms in total. The van der Waals surface area contributed by atoms with Crippen molar-refractivity contribution in [1.29, 1.82) is 0 Å². The Morgan fingerprint density at radius 3 is 2.29 bits per heavy atom. The van der Waals surface area contributed by atoms with E-state index >= 15 is 0 Å². The second-order valence-corrected chi connectivity index (χ2v) is 1.88. The first-order chi connectivity index (χ1) is 3.18. The second kappa shape index (κ2) is 2.70. The van der Waals surface area contributed by atoms with Gasteiger partial charge in [-0.15, -0.1) is 0 Å². The molecule has 0 aromatic carbocycles. The number of nitrogens with zero attached hydrogens (tertiary/aromatic N) is 1. The quantitative estimate of drug-likeness (QED) is 0.344. The number of carbonyl (C=O) groups excluding carboxylic acids is 1. The zero-order chi connectivity index (χ0) is 5.86. The molecule has 0 heterocycles. The fourth-order valence-corrected chi connectivity index (χ4v) is 0.105. The Hall–Kier alpha value is -0.420. The molecule has 0 saturated heterocycles. The Kier molecular flexibility index (Phi) is 2.54. The van der Waals surface area contributed by atoms with E-state index in [1.54, 1.807) is 0 Å². The predicted molar refractivity (Wildman–Crippen MR) is 22.7 cm³/mol. The van der Waals surface area contributed by atoms with Crippen molar-refractivity contribution in [3.05, 3.63) is 0 Å². The SMILES string of the molecule is CN(C=O)S(=O)[O-].